The summed E-state index contributed by atoms with van der Waals surface area (Å²) in [5.41, 5.74) is 0.190. The summed E-state index contributed by atoms with van der Waals surface area (Å²) in [7, 11) is 1.65. The maximum absolute atomic E-state index is 11.0. The van der Waals surface area contributed by atoms with E-state index in [1.165, 1.54) is 6.42 Å². The first kappa shape index (κ1) is 11.1. The number of fused-ring (bicyclic) bond motifs is 1. The maximum atomic E-state index is 11.0. The van der Waals surface area contributed by atoms with Crippen LogP contribution in [-0.2, 0) is 12.1 Å². The highest BCUT2D eigenvalue weighted by atomic mass is 16.5. The lowest BCUT2D eigenvalue weighted by Gasteiger charge is -2.33. The number of ether oxygens (including phenoxy) is 1. The zero-order valence-electron chi connectivity index (χ0n) is 10.5. The highest BCUT2D eigenvalue weighted by Crippen LogP contribution is 2.59. The summed E-state index contributed by atoms with van der Waals surface area (Å²) in [6.07, 6.45) is 6.11. The van der Waals surface area contributed by atoms with Crippen LogP contribution in [0.25, 0.3) is 0 Å². The predicted octanol–water partition coefficient (Wildman–Crippen LogP) is 1.92. The van der Waals surface area contributed by atoms with E-state index >= 15 is 0 Å². The fourth-order valence-corrected chi connectivity index (χ4v) is 3.46. The molecule has 2 saturated carbocycles. The lowest BCUT2D eigenvalue weighted by molar-refractivity contribution is -0.0256. The zero-order chi connectivity index (χ0) is 12.0. The second-order valence-electron chi connectivity index (χ2n) is 5.30. The van der Waals surface area contributed by atoms with E-state index < -0.39 is 5.60 Å². The first-order valence-corrected chi connectivity index (χ1v) is 6.53. The summed E-state index contributed by atoms with van der Waals surface area (Å²) in [6.45, 7) is 2.82. The van der Waals surface area contributed by atoms with Crippen molar-refractivity contribution >= 4 is 0 Å². The van der Waals surface area contributed by atoms with E-state index in [-0.39, 0.29) is 0 Å². The van der Waals surface area contributed by atoms with Crippen molar-refractivity contribution in [2.45, 2.75) is 44.8 Å². The van der Waals surface area contributed by atoms with Crippen molar-refractivity contribution in [3.8, 4) is 5.75 Å². The van der Waals surface area contributed by atoms with Crippen molar-refractivity contribution < 1.29 is 9.84 Å². The topological polar surface area (TPSA) is 47.3 Å². The molecule has 17 heavy (non-hydrogen) atoms. The van der Waals surface area contributed by atoms with Gasteiger partial charge in [-0.2, -0.15) is 5.10 Å². The molecule has 0 aromatic carbocycles. The van der Waals surface area contributed by atoms with Gasteiger partial charge < -0.3 is 9.84 Å². The molecule has 4 nitrogen and oxygen atoms in total. The molecule has 4 heteroatoms. The van der Waals surface area contributed by atoms with Gasteiger partial charge in [0.25, 0.3) is 0 Å². The van der Waals surface area contributed by atoms with Crippen molar-refractivity contribution in [1.82, 2.24) is 9.78 Å². The molecule has 3 rings (SSSR count). The van der Waals surface area contributed by atoms with E-state index in [1.807, 2.05) is 11.6 Å². The molecule has 0 spiro atoms. The number of aryl methyl sites for hydroxylation is 1. The average Bonchev–Trinajstić information content (AvgIpc) is 3.01. The molecule has 0 aliphatic heterocycles. The van der Waals surface area contributed by atoms with Crippen molar-refractivity contribution in [3.63, 3.8) is 0 Å². The van der Waals surface area contributed by atoms with Crippen LogP contribution in [0.2, 0.25) is 0 Å². The normalized spacial score (nSPS) is 35.5. The lowest BCUT2D eigenvalue weighted by Crippen LogP contribution is -2.34. The second kappa shape index (κ2) is 3.73. The summed E-state index contributed by atoms with van der Waals surface area (Å²) < 4.78 is 7.26. The Labute approximate surface area is 102 Å². The van der Waals surface area contributed by atoms with E-state index in [1.54, 1.807) is 13.3 Å². The molecule has 3 unspecified atom stereocenters. The third-order valence-electron chi connectivity index (χ3n) is 4.40. The molecule has 1 N–H and O–H groups in total. The molecule has 0 radical (unpaired) electrons. The molecule has 0 amide bonds. The number of hydrogen-bond donors (Lipinski definition) is 1. The second-order valence-corrected chi connectivity index (χ2v) is 5.30. The van der Waals surface area contributed by atoms with Crippen LogP contribution >= 0.6 is 0 Å². The summed E-state index contributed by atoms with van der Waals surface area (Å²) in [5, 5.41) is 15.3. The van der Waals surface area contributed by atoms with Gasteiger partial charge in [0, 0.05) is 6.54 Å². The Morgan fingerprint density at radius 3 is 3.18 bits per heavy atom. The molecule has 2 aliphatic carbocycles. The van der Waals surface area contributed by atoms with Gasteiger partial charge >= 0.3 is 0 Å². The fraction of sp³-hybridized carbons (Fsp3) is 0.769. The predicted molar refractivity (Wildman–Crippen MR) is 63.8 cm³/mol. The first-order valence-electron chi connectivity index (χ1n) is 6.53. The molecule has 2 aliphatic rings. The number of methoxy groups -OCH3 is 1. The Morgan fingerprint density at radius 1 is 1.65 bits per heavy atom. The third-order valence-corrected chi connectivity index (χ3v) is 4.40. The third kappa shape index (κ3) is 1.50. The Balaban J connectivity index is 2.04. The Morgan fingerprint density at radius 2 is 2.47 bits per heavy atom. The van der Waals surface area contributed by atoms with Crippen LogP contribution in [0, 0.1) is 11.8 Å². The molecule has 94 valence electrons. The van der Waals surface area contributed by atoms with Crippen molar-refractivity contribution in [2.75, 3.05) is 7.11 Å². The quantitative estimate of drug-likeness (QED) is 0.872. The van der Waals surface area contributed by atoms with E-state index in [9.17, 15) is 5.11 Å². The van der Waals surface area contributed by atoms with Gasteiger partial charge in [0.15, 0.2) is 5.75 Å². The molecule has 1 heterocycles. The van der Waals surface area contributed by atoms with Gasteiger partial charge in [-0.1, -0.05) is 0 Å². The molecule has 3 atom stereocenters. The number of rotatable bonds is 3. The lowest BCUT2D eigenvalue weighted by atomic mass is 9.81. The van der Waals surface area contributed by atoms with Crippen LogP contribution in [0.1, 0.15) is 38.3 Å². The number of nitrogens with zero attached hydrogens (tertiary/aromatic N) is 2. The van der Waals surface area contributed by atoms with Gasteiger partial charge in [-0.05, 0) is 44.4 Å². The molecule has 1 aromatic rings. The minimum absolute atomic E-state index is 0.423. The summed E-state index contributed by atoms with van der Waals surface area (Å²) in [6, 6.07) is 0. The number of aromatic nitrogens is 2. The first-order chi connectivity index (χ1) is 8.20. The molecule has 2 fully saturated rings. The van der Waals surface area contributed by atoms with Gasteiger partial charge in [0.2, 0.25) is 0 Å². The molecule has 0 bridgehead atoms. The van der Waals surface area contributed by atoms with Crippen molar-refractivity contribution in [2.24, 2.45) is 11.8 Å². The molecular weight excluding hydrogens is 216 g/mol. The smallest absolute Gasteiger partial charge is 0.162 e. The monoisotopic (exact) mass is 236 g/mol. The summed E-state index contributed by atoms with van der Waals surface area (Å²) >= 11 is 0. The maximum Gasteiger partial charge on any atom is 0.162 e. The van der Waals surface area contributed by atoms with Crippen LogP contribution in [0.5, 0.6) is 5.75 Å². The average molecular weight is 236 g/mol. The minimum atomic E-state index is -0.708. The fourth-order valence-electron chi connectivity index (χ4n) is 3.46. The van der Waals surface area contributed by atoms with E-state index in [0.717, 1.165) is 43.2 Å². The molecule has 1 aromatic heterocycles. The number of hydrogen-bond acceptors (Lipinski definition) is 3. The minimum Gasteiger partial charge on any atom is -0.493 e. The van der Waals surface area contributed by atoms with Crippen LogP contribution in [0.3, 0.4) is 0 Å². The Bertz CT molecular complexity index is 408. The van der Waals surface area contributed by atoms with Crippen LogP contribution in [-0.4, -0.2) is 22.0 Å². The standard InChI is InChI=1S/C13H20N2O2/c1-3-15-12(11(17-2)8-14-15)13(16)6-4-5-9-7-10(9)13/h8-10,16H,3-7H2,1-2H3. The zero-order valence-corrected chi connectivity index (χ0v) is 10.5. The SMILES string of the molecule is CCn1ncc(OC)c1C1(O)CCCC2CC21. The van der Waals surface area contributed by atoms with Crippen molar-refractivity contribution in [1.29, 1.82) is 0 Å². The van der Waals surface area contributed by atoms with Crippen molar-refractivity contribution in [3.05, 3.63) is 11.9 Å². The highest BCUT2D eigenvalue weighted by Gasteiger charge is 2.57. The summed E-state index contributed by atoms with van der Waals surface area (Å²) in [4.78, 5) is 0. The highest BCUT2D eigenvalue weighted by molar-refractivity contribution is 5.33. The Kier molecular flexibility index (Phi) is 2.43. The van der Waals surface area contributed by atoms with E-state index in [2.05, 4.69) is 5.10 Å². The van der Waals surface area contributed by atoms with Gasteiger partial charge in [-0.25, -0.2) is 0 Å². The summed E-state index contributed by atoms with van der Waals surface area (Å²) in [5.74, 6) is 1.88. The molecule has 0 saturated heterocycles. The van der Waals surface area contributed by atoms with E-state index in [0.29, 0.717) is 5.92 Å². The van der Waals surface area contributed by atoms with Crippen LogP contribution < -0.4 is 4.74 Å². The molecular formula is C13H20N2O2. The van der Waals surface area contributed by atoms with Crippen LogP contribution in [0.15, 0.2) is 6.20 Å². The largest absolute Gasteiger partial charge is 0.493 e. The Hall–Kier alpha value is -1.03. The number of aliphatic hydroxyl groups is 1. The van der Waals surface area contributed by atoms with Gasteiger partial charge in [-0.15, -0.1) is 0 Å². The van der Waals surface area contributed by atoms with Gasteiger partial charge in [0.05, 0.1) is 13.3 Å². The van der Waals surface area contributed by atoms with Gasteiger partial charge in [0.1, 0.15) is 11.3 Å². The van der Waals surface area contributed by atoms with E-state index in [4.69, 9.17) is 4.74 Å². The van der Waals surface area contributed by atoms with Crippen LogP contribution in [0.4, 0.5) is 0 Å². The van der Waals surface area contributed by atoms with Gasteiger partial charge in [-0.3, -0.25) is 4.68 Å².